The van der Waals surface area contributed by atoms with E-state index >= 15 is 0 Å². The molecule has 1 heterocycles. The number of aromatic hydroxyl groups is 2. The number of phenolic OH excluding ortho intramolecular Hbond substituents is 1. The Balaban J connectivity index is 2.10. The molecule has 1 aromatic heterocycles. The number of para-hydroxylation sites is 1. The molecule has 0 amide bonds. The second kappa shape index (κ2) is 5.48. The summed E-state index contributed by atoms with van der Waals surface area (Å²) < 4.78 is 9.82. The molecule has 2 rings (SSSR count). The van der Waals surface area contributed by atoms with Crippen molar-refractivity contribution < 1.29 is 24.2 Å². The number of phenols is 1. The maximum atomic E-state index is 11.8. The number of carbonyl (C=O) groups excluding carboxylic acids is 1. The van der Waals surface area contributed by atoms with Crippen molar-refractivity contribution in [3.8, 4) is 11.5 Å². The van der Waals surface area contributed by atoms with Crippen LogP contribution >= 0.6 is 0 Å². The van der Waals surface area contributed by atoms with E-state index in [-0.39, 0.29) is 23.7 Å². The van der Waals surface area contributed by atoms with Crippen LogP contribution in [0.2, 0.25) is 0 Å². The molecule has 2 aromatic rings. The summed E-state index contributed by atoms with van der Waals surface area (Å²) in [5, 5.41) is 18.8. The van der Waals surface area contributed by atoms with Gasteiger partial charge in [0.2, 0.25) is 5.43 Å². The van der Waals surface area contributed by atoms with Crippen LogP contribution in [0.4, 0.5) is 0 Å². The Morgan fingerprint density at radius 1 is 1.35 bits per heavy atom. The van der Waals surface area contributed by atoms with Gasteiger partial charge in [-0.15, -0.1) is 0 Å². The van der Waals surface area contributed by atoms with E-state index in [1.165, 1.54) is 6.07 Å². The number of esters is 1. The van der Waals surface area contributed by atoms with Gasteiger partial charge >= 0.3 is 5.97 Å². The summed E-state index contributed by atoms with van der Waals surface area (Å²) in [5.74, 6) is -1.31. The molecule has 0 unspecified atom stereocenters. The highest BCUT2D eigenvalue weighted by atomic mass is 16.5. The molecule has 0 radical (unpaired) electrons. The first-order valence-electron chi connectivity index (χ1n) is 5.75. The summed E-state index contributed by atoms with van der Waals surface area (Å²) in [5.41, 5.74) is -0.0394. The minimum atomic E-state index is -0.734. The lowest BCUT2D eigenvalue weighted by molar-refractivity contribution is 0.0439. The fourth-order valence-corrected chi connectivity index (χ4v) is 1.56. The average Bonchev–Trinajstić information content (AvgIpc) is 2.43. The Morgan fingerprint density at radius 3 is 2.80 bits per heavy atom. The minimum Gasteiger partial charge on any atom is -0.507 e. The Hall–Kier alpha value is -2.76. The lowest BCUT2D eigenvalue weighted by atomic mass is 10.1. The standard InChI is InChI=1S/C14H12O6/c1-8-3-2-4-10(13(8)17)14(18)20-6-9-5-11(15)12(16)7-19-9/h2-5,7,16-17H,6H2,1H3. The van der Waals surface area contributed by atoms with E-state index in [1.807, 2.05) is 0 Å². The van der Waals surface area contributed by atoms with Crippen molar-refractivity contribution in [3.63, 3.8) is 0 Å². The van der Waals surface area contributed by atoms with Crippen LogP contribution in [0.1, 0.15) is 21.7 Å². The zero-order chi connectivity index (χ0) is 14.7. The van der Waals surface area contributed by atoms with Gasteiger partial charge in [0.25, 0.3) is 0 Å². The molecule has 0 atom stereocenters. The van der Waals surface area contributed by atoms with Gasteiger partial charge in [0.05, 0.1) is 0 Å². The molecule has 0 saturated carbocycles. The second-order valence-electron chi connectivity index (χ2n) is 4.14. The highest BCUT2D eigenvalue weighted by molar-refractivity contribution is 5.92. The largest absolute Gasteiger partial charge is 0.507 e. The van der Waals surface area contributed by atoms with E-state index in [1.54, 1.807) is 19.1 Å². The summed E-state index contributed by atoms with van der Waals surface area (Å²) in [6.45, 7) is 1.38. The fourth-order valence-electron chi connectivity index (χ4n) is 1.56. The quantitative estimate of drug-likeness (QED) is 0.828. The van der Waals surface area contributed by atoms with Crippen molar-refractivity contribution in [1.82, 2.24) is 0 Å². The van der Waals surface area contributed by atoms with E-state index in [0.29, 0.717) is 5.56 Å². The van der Waals surface area contributed by atoms with E-state index in [2.05, 4.69) is 0 Å². The van der Waals surface area contributed by atoms with E-state index < -0.39 is 17.1 Å². The molecule has 0 saturated heterocycles. The van der Waals surface area contributed by atoms with E-state index in [4.69, 9.17) is 14.3 Å². The molecule has 20 heavy (non-hydrogen) atoms. The summed E-state index contributed by atoms with van der Waals surface area (Å²) in [4.78, 5) is 23.0. The third-order valence-electron chi connectivity index (χ3n) is 2.67. The van der Waals surface area contributed by atoms with Gasteiger partial charge in [0.1, 0.15) is 29.9 Å². The van der Waals surface area contributed by atoms with Crippen molar-refractivity contribution in [1.29, 1.82) is 0 Å². The SMILES string of the molecule is Cc1cccc(C(=O)OCc2cc(=O)c(O)co2)c1O. The summed E-state index contributed by atoms with van der Waals surface area (Å²) in [6, 6.07) is 5.73. The molecule has 6 nitrogen and oxygen atoms in total. The molecule has 0 bridgehead atoms. The normalized spacial score (nSPS) is 10.2. The molecule has 0 aliphatic heterocycles. The Bertz CT molecular complexity index is 701. The van der Waals surface area contributed by atoms with Gasteiger partial charge < -0.3 is 19.4 Å². The maximum absolute atomic E-state index is 11.8. The van der Waals surface area contributed by atoms with Crippen LogP contribution in [-0.2, 0) is 11.3 Å². The van der Waals surface area contributed by atoms with Crippen LogP contribution in [0.5, 0.6) is 11.5 Å². The van der Waals surface area contributed by atoms with Crippen molar-refractivity contribution in [2.75, 3.05) is 0 Å². The molecule has 0 spiro atoms. The molecule has 1 aromatic carbocycles. The molecule has 0 fully saturated rings. The van der Waals surface area contributed by atoms with Gasteiger partial charge in [-0.2, -0.15) is 0 Å². The van der Waals surface area contributed by atoms with Gasteiger partial charge in [0, 0.05) is 6.07 Å². The van der Waals surface area contributed by atoms with Gasteiger partial charge in [-0.3, -0.25) is 4.79 Å². The highest BCUT2D eigenvalue weighted by Gasteiger charge is 2.14. The third-order valence-corrected chi connectivity index (χ3v) is 2.67. The third kappa shape index (κ3) is 2.80. The molecule has 6 heteroatoms. The van der Waals surface area contributed by atoms with Crippen LogP contribution in [0.3, 0.4) is 0 Å². The first-order valence-corrected chi connectivity index (χ1v) is 5.75. The zero-order valence-electron chi connectivity index (χ0n) is 10.6. The monoisotopic (exact) mass is 276 g/mol. The van der Waals surface area contributed by atoms with Crippen molar-refractivity contribution in [3.05, 3.63) is 57.6 Å². The van der Waals surface area contributed by atoms with E-state index in [9.17, 15) is 14.7 Å². The Labute approximate surface area is 113 Å². The van der Waals surface area contributed by atoms with Crippen LogP contribution in [0.15, 0.2) is 39.7 Å². The minimum absolute atomic E-state index is 0.0334. The Morgan fingerprint density at radius 2 is 2.10 bits per heavy atom. The predicted octanol–water partition coefficient (Wildman–Crippen LogP) is 1.72. The van der Waals surface area contributed by atoms with Crippen LogP contribution < -0.4 is 5.43 Å². The van der Waals surface area contributed by atoms with Crippen LogP contribution in [0, 0.1) is 6.92 Å². The van der Waals surface area contributed by atoms with Gasteiger partial charge in [-0.05, 0) is 18.6 Å². The summed E-state index contributed by atoms with van der Waals surface area (Å²) in [7, 11) is 0. The lowest BCUT2D eigenvalue weighted by Gasteiger charge is -2.07. The topological polar surface area (TPSA) is 97.0 Å². The maximum Gasteiger partial charge on any atom is 0.342 e. The number of rotatable bonds is 3. The summed E-state index contributed by atoms with van der Waals surface area (Å²) >= 11 is 0. The van der Waals surface area contributed by atoms with Crippen molar-refractivity contribution in [2.45, 2.75) is 13.5 Å². The first-order chi connectivity index (χ1) is 9.49. The van der Waals surface area contributed by atoms with Crippen LogP contribution in [0.25, 0.3) is 0 Å². The predicted molar refractivity (Wildman–Crippen MR) is 68.6 cm³/mol. The molecule has 2 N–H and O–H groups in total. The zero-order valence-corrected chi connectivity index (χ0v) is 10.6. The molecular weight excluding hydrogens is 264 g/mol. The molecule has 0 aliphatic rings. The van der Waals surface area contributed by atoms with E-state index in [0.717, 1.165) is 12.3 Å². The highest BCUT2D eigenvalue weighted by Crippen LogP contribution is 2.22. The molecule has 104 valence electrons. The average molecular weight is 276 g/mol. The fraction of sp³-hybridized carbons (Fsp3) is 0.143. The van der Waals surface area contributed by atoms with Gasteiger partial charge in [0.15, 0.2) is 5.75 Å². The second-order valence-corrected chi connectivity index (χ2v) is 4.14. The number of hydrogen-bond acceptors (Lipinski definition) is 6. The smallest absolute Gasteiger partial charge is 0.342 e. The van der Waals surface area contributed by atoms with Crippen molar-refractivity contribution >= 4 is 5.97 Å². The number of carbonyl (C=O) groups is 1. The van der Waals surface area contributed by atoms with Gasteiger partial charge in [-0.25, -0.2) is 4.79 Å². The van der Waals surface area contributed by atoms with Crippen LogP contribution in [-0.4, -0.2) is 16.2 Å². The van der Waals surface area contributed by atoms with Crippen molar-refractivity contribution in [2.24, 2.45) is 0 Å². The lowest BCUT2D eigenvalue weighted by Crippen LogP contribution is -2.08. The van der Waals surface area contributed by atoms with Gasteiger partial charge in [-0.1, -0.05) is 12.1 Å². The molecule has 0 aliphatic carbocycles. The number of ether oxygens (including phenoxy) is 1. The number of benzene rings is 1. The number of hydrogen-bond donors (Lipinski definition) is 2. The molecular formula is C14H12O6. The number of aryl methyl sites for hydroxylation is 1. The first kappa shape index (κ1) is 13.7. The summed E-state index contributed by atoms with van der Waals surface area (Å²) in [6.07, 6.45) is 0.871. The Kier molecular flexibility index (Phi) is 3.74.